The molecule has 0 aliphatic carbocycles. The Labute approximate surface area is 143 Å². The molecule has 0 aliphatic rings. The molecule has 0 spiro atoms. The van der Waals surface area contributed by atoms with E-state index in [1.54, 1.807) is 14.2 Å². The second kappa shape index (κ2) is 14.7. The molecule has 0 aliphatic heterocycles. The zero-order valence-electron chi connectivity index (χ0n) is 15.2. The first kappa shape index (κ1) is 22.2. The monoisotopic (exact) mass is 347 g/mol. The molecule has 1 radical (unpaired) electrons. The molecule has 0 heterocycles. The molecule has 131 valence electrons. The van der Waals surface area contributed by atoms with Gasteiger partial charge in [-0.05, 0) is 19.3 Å². The van der Waals surface area contributed by atoms with Gasteiger partial charge in [-0.1, -0.05) is 64.6 Å². The lowest BCUT2D eigenvalue weighted by atomic mass is 10.1. The van der Waals surface area contributed by atoms with Crippen LogP contribution >= 0.6 is 11.8 Å². The van der Waals surface area contributed by atoms with Gasteiger partial charge in [0, 0.05) is 31.4 Å². The Morgan fingerprint density at radius 1 is 1.05 bits per heavy atom. The number of hydrogen-bond acceptors (Lipinski definition) is 4. The number of rotatable bonds is 14. The summed E-state index contributed by atoms with van der Waals surface area (Å²) in [4.78, 5) is 12.0. The molecule has 0 bridgehead atoms. The van der Waals surface area contributed by atoms with Crippen molar-refractivity contribution in [3.63, 3.8) is 0 Å². The zero-order chi connectivity index (χ0) is 16.8. The maximum Gasteiger partial charge on any atom is 0.387 e. The summed E-state index contributed by atoms with van der Waals surface area (Å²) < 4.78 is 11.0. The predicted octanol–water partition coefficient (Wildman–Crippen LogP) is 5.34. The van der Waals surface area contributed by atoms with E-state index in [1.807, 2.05) is 0 Å². The molecule has 0 N–H and O–H groups in total. The van der Waals surface area contributed by atoms with E-state index in [0.29, 0.717) is 15.9 Å². The van der Waals surface area contributed by atoms with Gasteiger partial charge < -0.3 is 8.85 Å². The van der Waals surface area contributed by atoms with Crippen LogP contribution in [0.4, 0.5) is 0 Å². The molecule has 2 unspecified atom stereocenters. The molecule has 0 saturated carbocycles. The first-order chi connectivity index (χ1) is 10.6. The van der Waals surface area contributed by atoms with Crippen LogP contribution in [0.1, 0.15) is 78.6 Å². The predicted molar refractivity (Wildman–Crippen MR) is 98.5 cm³/mol. The topological polar surface area (TPSA) is 35.5 Å². The van der Waals surface area contributed by atoms with E-state index in [9.17, 15) is 4.79 Å². The molecule has 0 rings (SSSR count). The summed E-state index contributed by atoms with van der Waals surface area (Å²) in [6.07, 6.45) is 10.0. The summed E-state index contributed by atoms with van der Waals surface area (Å²) in [6.45, 7) is 6.56. The first-order valence-electron chi connectivity index (χ1n) is 8.73. The van der Waals surface area contributed by atoms with Gasteiger partial charge in [0.2, 0.25) is 0 Å². The Balaban J connectivity index is 4.05. The number of unbranched alkanes of at least 4 members (excludes halogenated alkanes) is 4. The Kier molecular flexibility index (Phi) is 14.8. The smallest absolute Gasteiger partial charge is 0.387 e. The summed E-state index contributed by atoms with van der Waals surface area (Å²) in [5, 5.41) is 0.702. The van der Waals surface area contributed by atoms with E-state index in [4.69, 9.17) is 8.85 Å². The van der Waals surface area contributed by atoms with Crippen molar-refractivity contribution >= 4 is 26.2 Å². The molecule has 0 aromatic rings. The van der Waals surface area contributed by atoms with Crippen molar-refractivity contribution in [2.75, 3.05) is 14.2 Å². The van der Waals surface area contributed by atoms with Crippen LogP contribution < -0.4 is 0 Å². The number of hydrogen-bond donors (Lipinski definition) is 0. The van der Waals surface area contributed by atoms with Crippen LogP contribution in [0.25, 0.3) is 0 Å². The van der Waals surface area contributed by atoms with Crippen LogP contribution in [0.15, 0.2) is 0 Å². The number of carbonyl (C=O) groups excluding carboxylic acids is 1. The third-order valence-electron chi connectivity index (χ3n) is 3.81. The highest BCUT2D eigenvalue weighted by molar-refractivity contribution is 8.14. The van der Waals surface area contributed by atoms with Crippen molar-refractivity contribution in [2.24, 2.45) is 0 Å². The van der Waals surface area contributed by atoms with Crippen LogP contribution in [0.5, 0.6) is 0 Å². The zero-order valence-corrected chi connectivity index (χ0v) is 17.0. The quantitative estimate of drug-likeness (QED) is 0.314. The van der Waals surface area contributed by atoms with Crippen LogP contribution in [0, 0.1) is 0 Å². The Morgan fingerprint density at radius 3 is 2.23 bits per heavy atom. The highest BCUT2D eigenvalue weighted by Crippen LogP contribution is 2.30. The molecular formula is C17H35O3SSi. The normalized spacial score (nSPS) is 14.3. The summed E-state index contributed by atoms with van der Waals surface area (Å²) in [7, 11) is 2.27. The minimum Gasteiger partial charge on any atom is -0.397 e. The van der Waals surface area contributed by atoms with Gasteiger partial charge in [0.15, 0.2) is 5.12 Å². The van der Waals surface area contributed by atoms with Crippen LogP contribution in [-0.4, -0.2) is 33.9 Å². The molecule has 0 aromatic heterocycles. The summed E-state index contributed by atoms with van der Waals surface area (Å²) in [5.41, 5.74) is 0.463. The van der Waals surface area contributed by atoms with Gasteiger partial charge in [0.05, 0.1) is 0 Å². The Hall–Kier alpha value is 0.157. The SMILES string of the molecule is CCCCCCCC(=O)SC(C)CC(CCC)[Si](OC)OC. The fourth-order valence-corrected chi connectivity index (χ4v) is 5.82. The summed E-state index contributed by atoms with van der Waals surface area (Å²) >= 11 is 1.52. The molecule has 0 aromatic carbocycles. The van der Waals surface area contributed by atoms with Crippen molar-refractivity contribution in [1.82, 2.24) is 0 Å². The minimum atomic E-state index is -1.21. The van der Waals surface area contributed by atoms with E-state index in [-0.39, 0.29) is 0 Å². The van der Waals surface area contributed by atoms with Gasteiger partial charge in [-0.15, -0.1) is 0 Å². The lowest BCUT2D eigenvalue weighted by molar-refractivity contribution is -0.111. The van der Waals surface area contributed by atoms with E-state index in [2.05, 4.69) is 20.8 Å². The molecule has 0 saturated heterocycles. The number of carbonyl (C=O) groups is 1. The van der Waals surface area contributed by atoms with Crippen LogP contribution in [0.2, 0.25) is 5.54 Å². The Bertz CT molecular complexity index is 273. The lowest BCUT2D eigenvalue weighted by Gasteiger charge is -2.23. The highest BCUT2D eigenvalue weighted by atomic mass is 32.2. The molecule has 2 atom stereocenters. The van der Waals surface area contributed by atoms with Crippen molar-refractivity contribution in [1.29, 1.82) is 0 Å². The summed E-state index contributed by atoms with van der Waals surface area (Å²) in [5.74, 6) is 0. The lowest BCUT2D eigenvalue weighted by Crippen LogP contribution is -2.28. The van der Waals surface area contributed by atoms with E-state index in [1.165, 1.54) is 37.4 Å². The molecule has 0 fully saturated rings. The fraction of sp³-hybridized carbons (Fsp3) is 0.941. The average Bonchev–Trinajstić information content (AvgIpc) is 2.48. The van der Waals surface area contributed by atoms with E-state index < -0.39 is 9.28 Å². The van der Waals surface area contributed by atoms with E-state index in [0.717, 1.165) is 32.1 Å². The van der Waals surface area contributed by atoms with Crippen LogP contribution in [0.3, 0.4) is 0 Å². The minimum absolute atomic E-state index is 0.350. The first-order valence-corrected chi connectivity index (χ1v) is 11.0. The number of thioether (sulfide) groups is 1. The van der Waals surface area contributed by atoms with Crippen molar-refractivity contribution in [3.8, 4) is 0 Å². The standard InChI is InChI=1S/C17H35O3SSi/c1-6-8-9-10-11-13-17(18)21-15(3)14-16(12-7-2)22(19-4)20-5/h15-16H,6-14H2,1-5H3. The van der Waals surface area contributed by atoms with Gasteiger partial charge in [-0.3, -0.25) is 4.79 Å². The molecule has 5 heteroatoms. The fourth-order valence-electron chi connectivity index (χ4n) is 2.70. The largest absolute Gasteiger partial charge is 0.397 e. The van der Waals surface area contributed by atoms with Crippen molar-refractivity contribution in [2.45, 2.75) is 89.3 Å². The van der Waals surface area contributed by atoms with Gasteiger partial charge in [-0.2, -0.15) is 0 Å². The highest BCUT2D eigenvalue weighted by Gasteiger charge is 2.28. The van der Waals surface area contributed by atoms with Gasteiger partial charge in [0.1, 0.15) is 0 Å². The van der Waals surface area contributed by atoms with Gasteiger partial charge >= 0.3 is 9.28 Å². The maximum absolute atomic E-state index is 12.0. The Morgan fingerprint density at radius 2 is 1.68 bits per heavy atom. The third-order valence-corrected chi connectivity index (χ3v) is 6.86. The average molecular weight is 348 g/mol. The third kappa shape index (κ3) is 10.8. The summed E-state index contributed by atoms with van der Waals surface area (Å²) in [6, 6.07) is 0. The maximum atomic E-state index is 12.0. The van der Waals surface area contributed by atoms with E-state index >= 15 is 0 Å². The van der Waals surface area contributed by atoms with Crippen molar-refractivity contribution in [3.05, 3.63) is 0 Å². The molecule has 0 amide bonds. The second-order valence-electron chi connectivity index (χ2n) is 5.91. The van der Waals surface area contributed by atoms with Crippen LogP contribution in [-0.2, 0) is 13.6 Å². The molecular weight excluding hydrogens is 312 g/mol. The van der Waals surface area contributed by atoms with Gasteiger partial charge in [-0.25, -0.2) is 0 Å². The molecule has 3 nitrogen and oxygen atoms in total. The molecule has 22 heavy (non-hydrogen) atoms. The van der Waals surface area contributed by atoms with Gasteiger partial charge in [0.25, 0.3) is 0 Å². The second-order valence-corrected chi connectivity index (χ2v) is 9.68. The van der Waals surface area contributed by atoms with Crippen molar-refractivity contribution < 1.29 is 13.6 Å².